The molecule has 0 fully saturated rings. The van der Waals surface area contributed by atoms with Crippen LogP contribution in [0, 0.1) is 0 Å². The van der Waals surface area contributed by atoms with Gasteiger partial charge in [-0.1, -0.05) is 37.3 Å². The van der Waals surface area contributed by atoms with Crippen molar-refractivity contribution in [3.63, 3.8) is 0 Å². The summed E-state index contributed by atoms with van der Waals surface area (Å²) in [5.41, 5.74) is 0.996. The first-order chi connectivity index (χ1) is 8.19. The molecule has 0 heterocycles. The smallest absolute Gasteiger partial charge is 0.314 e. The van der Waals surface area contributed by atoms with Crippen LogP contribution in [0.5, 0.6) is 0 Å². The van der Waals surface area contributed by atoms with E-state index in [0.717, 1.165) is 12.0 Å². The lowest BCUT2D eigenvalue weighted by Crippen LogP contribution is -2.33. The van der Waals surface area contributed by atoms with Crippen LogP contribution in [0.25, 0.3) is 0 Å². The summed E-state index contributed by atoms with van der Waals surface area (Å²) in [5, 5.41) is 3.35. The van der Waals surface area contributed by atoms with Gasteiger partial charge in [0.1, 0.15) is 0 Å². The van der Waals surface area contributed by atoms with Gasteiger partial charge in [-0.3, -0.25) is 4.79 Å². The molecule has 1 aromatic carbocycles. The summed E-state index contributed by atoms with van der Waals surface area (Å²) >= 11 is 0. The molecule has 0 bridgehead atoms. The minimum atomic E-state index is -0.227. The van der Waals surface area contributed by atoms with Crippen molar-refractivity contribution >= 4 is 5.97 Å². The van der Waals surface area contributed by atoms with Crippen LogP contribution in [0.3, 0.4) is 0 Å². The van der Waals surface area contributed by atoms with E-state index in [9.17, 15) is 4.79 Å². The third-order valence-corrected chi connectivity index (χ3v) is 2.97. The van der Waals surface area contributed by atoms with Gasteiger partial charge in [-0.15, -0.1) is 0 Å². The van der Waals surface area contributed by atoms with Crippen LogP contribution < -0.4 is 5.32 Å². The maximum atomic E-state index is 11.8. The largest absolute Gasteiger partial charge is 0.469 e. The molecule has 17 heavy (non-hydrogen) atoms. The highest BCUT2D eigenvalue weighted by molar-refractivity contribution is 5.78. The lowest BCUT2D eigenvalue weighted by molar-refractivity contribution is -0.142. The number of nitrogens with one attached hydrogen (secondary N) is 1. The Morgan fingerprint density at radius 1 is 1.35 bits per heavy atom. The molecule has 2 atom stereocenters. The molecule has 1 N–H and O–H groups in total. The summed E-state index contributed by atoms with van der Waals surface area (Å²) in [4.78, 5) is 11.8. The van der Waals surface area contributed by atoms with Gasteiger partial charge < -0.3 is 10.1 Å². The van der Waals surface area contributed by atoms with Gasteiger partial charge in [0.15, 0.2) is 0 Å². The molecule has 3 nitrogen and oxygen atoms in total. The van der Waals surface area contributed by atoms with Crippen molar-refractivity contribution < 1.29 is 9.53 Å². The zero-order chi connectivity index (χ0) is 12.7. The van der Waals surface area contributed by atoms with Gasteiger partial charge in [0, 0.05) is 12.6 Å². The third kappa shape index (κ3) is 4.19. The summed E-state index contributed by atoms with van der Waals surface area (Å²) in [6.45, 7) is 4.85. The molecule has 0 spiro atoms. The molecule has 0 aliphatic heterocycles. The second-order valence-corrected chi connectivity index (χ2v) is 4.20. The SMILES string of the molecule is CCC(C)NCC(C(=O)OC)c1ccccc1. The fourth-order valence-electron chi connectivity index (χ4n) is 1.63. The number of hydrogen-bond acceptors (Lipinski definition) is 3. The number of benzene rings is 1. The van der Waals surface area contributed by atoms with E-state index in [4.69, 9.17) is 4.74 Å². The highest BCUT2D eigenvalue weighted by Crippen LogP contribution is 2.16. The maximum Gasteiger partial charge on any atom is 0.314 e. The minimum Gasteiger partial charge on any atom is -0.469 e. The molecule has 0 aliphatic carbocycles. The molecule has 0 aliphatic rings. The number of carbonyl (C=O) groups is 1. The summed E-state index contributed by atoms with van der Waals surface area (Å²) in [6.07, 6.45) is 1.04. The van der Waals surface area contributed by atoms with E-state index in [1.807, 2.05) is 30.3 Å². The molecule has 0 radical (unpaired) electrons. The molecular weight excluding hydrogens is 214 g/mol. The maximum absolute atomic E-state index is 11.8. The van der Waals surface area contributed by atoms with Crippen molar-refractivity contribution in [2.24, 2.45) is 0 Å². The van der Waals surface area contributed by atoms with Crippen LogP contribution in [0.1, 0.15) is 31.7 Å². The Morgan fingerprint density at radius 2 is 2.00 bits per heavy atom. The van der Waals surface area contributed by atoms with E-state index in [1.165, 1.54) is 7.11 Å². The molecule has 0 saturated heterocycles. The Bertz CT molecular complexity index is 337. The molecule has 1 aromatic rings. The van der Waals surface area contributed by atoms with Crippen LogP contribution in [-0.4, -0.2) is 25.7 Å². The van der Waals surface area contributed by atoms with Gasteiger partial charge in [-0.2, -0.15) is 0 Å². The minimum absolute atomic E-state index is 0.188. The van der Waals surface area contributed by atoms with Crippen LogP contribution in [0.2, 0.25) is 0 Å². The zero-order valence-electron chi connectivity index (χ0n) is 10.8. The second-order valence-electron chi connectivity index (χ2n) is 4.20. The number of rotatable bonds is 6. The molecule has 0 saturated carbocycles. The first kappa shape index (κ1) is 13.7. The lowest BCUT2D eigenvalue weighted by atomic mass is 9.99. The van der Waals surface area contributed by atoms with Gasteiger partial charge in [-0.25, -0.2) is 0 Å². The highest BCUT2D eigenvalue weighted by atomic mass is 16.5. The van der Waals surface area contributed by atoms with Gasteiger partial charge in [0.25, 0.3) is 0 Å². The van der Waals surface area contributed by atoms with Crippen molar-refractivity contribution in [1.29, 1.82) is 0 Å². The average Bonchev–Trinajstić information content (AvgIpc) is 2.39. The Morgan fingerprint density at radius 3 is 2.53 bits per heavy atom. The van der Waals surface area contributed by atoms with Gasteiger partial charge in [0.2, 0.25) is 0 Å². The van der Waals surface area contributed by atoms with E-state index in [2.05, 4.69) is 19.2 Å². The average molecular weight is 235 g/mol. The number of hydrogen-bond donors (Lipinski definition) is 1. The van der Waals surface area contributed by atoms with E-state index >= 15 is 0 Å². The first-order valence-corrected chi connectivity index (χ1v) is 6.05. The molecular formula is C14H21NO2. The molecule has 2 unspecified atom stereocenters. The Labute approximate surface area is 103 Å². The number of methoxy groups -OCH3 is 1. The van der Waals surface area contributed by atoms with Crippen LogP contribution in [-0.2, 0) is 9.53 Å². The van der Waals surface area contributed by atoms with Crippen molar-refractivity contribution in [3.05, 3.63) is 35.9 Å². The van der Waals surface area contributed by atoms with Gasteiger partial charge in [0.05, 0.1) is 13.0 Å². The predicted molar refractivity (Wildman–Crippen MR) is 69.0 cm³/mol. The van der Waals surface area contributed by atoms with Crippen LogP contribution in [0.4, 0.5) is 0 Å². The number of esters is 1. The van der Waals surface area contributed by atoms with Crippen molar-refractivity contribution in [3.8, 4) is 0 Å². The van der Waals surface area contributed by atoms with Gasteiger partial charge >= 0.3 is 5.97 Å². The fourth-order valence-corrected chi connectivity index (χ4v) is 1.63. The summed E-state index contributed by atoms with van der Waals surface area (Å²) < 4.78 is 4.85. The summed E-state index contributed by atoms with van der Waals surface area (Å²) in [5.74, 6) is -0.415. The molecule has 94 valence electrons. The standard InChI is InChI=1S/C14H21NO2/c1-4-11(2)15-10-13(14(16)17-3)12-8-6-5-7-9-12/h5-9,11,13,15H,4,10H2,1-3H3. The predicted octanol–water partition coefficient (Wildman–Crippen LogP) is 2.33. The molecule has 0 aromatic heterocycles. The summed E-state index contributed by atoms with van der Waals surface area (Å²) in [7, 11) is 1.43. The topological polar surface area (TPSA) is 38.3 Å². The normalized spacial score (nSPS) is 14.1. The summed E-state index contributed by atoms with van der Waals surface area (Å²) in [6, 6.07) is 10.1. The molecule has 3 heteroatoms. The van der Waals surface area contributed by atoms with Crippen molar-refractivity contribution in [2.45, 2.75) is 32.2 Å². The second kappa shape index (κ2) is 7.07. The quantitative estimate of drug-likeness (QED) is 0.769. The zero-order valence-corrected chi connectivity index (χ0v) is 10.8. The monoisotopic (exact) mass is 235 g/mol. The Kier molecular flexibility index (Phi) is 5.70. The van der Waals surface area contributed by atoms with E-state index in [0.29, 0.717) is 12.6 Å². The number of ether oxygens (including phenoxy) is 1. The van der Waals surface area contributed by atoms with Crippen molar-refractivity contribution in [2.75, 3.05) is 13.7 Å². The van der Waals surface area contributed by atoms with Crippen molar-refractivity contribution in [1.82, 2.24) is 5.32 Å². The first-order valence-electron chi connectivity index (χ1n) is 6.05. The fraction of sp³-hybridized carbons (Fsp3) is 0.500. The lowest BCUT2D eigenvalue weighted by Gasteiger charge is -2.18. The molecule has 1 rings (SSSR count). The van der Waals surface area contributed by atoms with E-state index in [-0.39, 0.29) is 11.9 Å². The van der Waals surface area contributed by atoms with E-state index < -0.39 is 0 Å². The van der Waals surface area contributed by atoms with Gasteiger partial charge in [-0.05, 0) is 18.9 Å². The van der Waals surface area contributed by atoms with Crippen LogP contribution in [0.15, 0.2) is 30.3 Å². The third-order valence-electron chi connectivity index (χ3n) is 2.97. The highest BCUT2D eigenvalue weighted by Gasteiger charge is 2.21. The Hall–Kier alpha value is -1.35. The Balaban J connectivity index is 2.71. The van der Waals surface area contributed by atoms with Crippen LogP contribution >= 0.6 is 0 Å². The van der Waals surface area contributed by atoms with E-state index in [1.54, 1.807) is 0 Å². The molecule has 0 amide bonds. The number of carbonyl (C=O) groups excluding carboxylic acids is 1.